The third-order valence-electron chi connectivity index (χ3n) is 3.94. The molecule has 0 aliphatic rings. The molecule has 1 amide bonds. The number of benzene rings is 2. The largest absolute Gasteiger partial charge is 0.457 e. The molecule has 30 heavy (non-hydrogen) atoms. The van der Waals surface area contributed by atoms with Crippen molar-refractivity contribution >= 4 is 23.1 Å². The number of carbonyl (C=O) groups is 1. The van der Waals surface area contributed by atoms with Gasteiger partial charge in [-0.2, -0.15) is 4.68 Å². The zero-order chi connectivity index (χ0) is 21.8. The first kappa shape index (κ1) is 20.5. The summed E-state index contributed by atoms with van der Waals surface area (Å²) in [5, 5.41) is 28.1. The molecule has 0 bridgehead atoms. The maximum Gasteiger partial charge on any atom is 0.389 e. The second kappa shape index (κ2) is 8.39. The Balaban J connectivity index is 1.80. The first-order valence-corrected chi connectivity index (χ1v) is 8.73. The number of ether oxygens (including phenoxy) is 1. The molecule has 1 aromatic heterocycles. The quantitative estimate of drug-likeness (QED) is 0.461. The molecular weight excluding hydrogens is 394 g/mol. The van der Waals surface area contributed by atoms with Crippen LogP contribution in [0.25, 0.3) is 0 Å². The molecule has 0 aliphatic carbocycles. The summed E-state index contributed by atoms with van der Waals surface area (Å²) in [6.07, 6.45) is 1.29. The van der Waals surface area contributed by atoms with Gasteiger partial charge in [-0.05, 0) is 42.0 Å². The fourth-order valence-corrected chi connectivity index (χ4v) is 2.83. The molecule has 2 aromatic carbocycles. The molecule has 0 atom stereocenters. The van der Waals surface area contributed by atoms with E-state index in [1.54, 1.807) is 12.1 Å². The molecule has 0 saturated carbocycles. The Morgan fingerprint density at radius 3 is 2.30 bits per heavy atom. The van der Waals surface area contributed by atoms with E-state index in [2.05, 4.69) is 10.4 Å². The highest BCUT2D eigenvalue weighted by molar-refractivity contribution is 5.91. The first-order valence-electron chi connectivity index (χ1n) is 8.73. The van der Waals surface area contributed by atoms with Crippen LogP contribution in [-0.4, -0.2) is 25.5 Å². The van der Waals surface area contributed by atoms with Gasteiger partial charge in [0.05, 0.1) is 34.0 Å². The average molecular weight is 411 g/mol. The Bertz CT molecular complexity index is 1120. The summed E-state index contributed by atoms with van der Waals surface area (Å²) in [5.41, 5.74) is 1.83. The van der Waals surface area contributed by atoms with Crippen LogP contribution >= 0.6 is 0 Å². The molecule has 11 nitrogen and oxygen atoms in total. The molecule has 0 spiro atoms. The number of amides is 1. The number of nitrogens with one attached hydrogen (secondary N) is 1. The summed E-state index contributed by atoms with van der Waals surface area (Å²) >= 11 is 0. The Labute approximate surface area is 170 Å². The van der Waals surface area contributed by atoms with Crippen molar-refractivity contribution in [2.75, 3.05) is 5.32 Å². The minimum Gasteiger partial charge on any atom is -0.457 e. The van der Waals surface area contributed by atoms with Gasteiger partial charge in [0.1, 0.15) is 18.0 Å². The highest BCUT2D eigenvalue weighted by Crippen LogP contribution is 2.30. The minimum atomic E-state index is -0.675. The van der Waals surface area contributed by atoms with E-state index >= 15 is 0 Å². The third kappa shape index (κ3) is 5.16. The van der Waals surface area contributed by atoms with Crippen molar-refractivity contribution in [1.82, 2.24) is 9.78 Å². The molecule has 154 valence electrons. The molecular formula is C19H17N5O6. The third-order valence-corrected chi connectivity index (χ3v) is 3.94. The van der Waals surface area contributed by atoms with E-state index in [4.69, 9.17) is 4.74 Å². The lowest BCUT2D eigenvalue weighted by atomic mass is 10.1. The van der Waals surface area contributed by atoms with Crippen LogP contribution in [-0.2, 0) is 11.3 Å². The van der Waals surface area contributed by atoms with Crippen molar-refractivity contribution in [2.24, 2.45) is 0 Å². The smallest absolute Gasteiger partial charge is 0.389 e. The predicted molar refractivity (Wildman–Crippen MR) is 107 cm³/mol. The van der Waals surface area contributed by atoms with E-state index in [-0.39, 0.29) is 29.5 Å². The molecule has 0 unspecified atom stereocenters. The van der Waals surface area contributed by atoms with Gasteiger partial charge in [0, 0.05) is 12.1 Å². The van der Waals surface area contributed by atoms with Crippen molar-refractivity contribution in [1.29, 1.82) is 0 Å². The topological polar surface area (TPSA) is 142 Å². The summed E-state index contributed by atoms with van der Waals surface area (Å²) in [4.78, 5) is 32.9. The normalized spacial score (nSPS) is 10.5. The fraction of sp³-hybridized carbons (Fsp3) is 0.158. The maximum absolute atomic E-state index is 12.2. The first-order chi connectivity index (χ1) is 14.2. The summed E-state index contributed by atoms with van der Waals surface area (Å²) < 4.78 is 6.85. The minimum absolute atomic E-state index is 0.148. The number of anilines is 1. The highest BCUT2D eigenvalue weighted by Gasteiger charge is 2.16. The van der Waals surface area contributed by atoms with E-state index in [1.807, 2.05) is 19.9 Å². The Hall–Kier alpha value is -4.28. The van der Waals surface area contributed by atoms with Gasteiger partial charge in [0.15, 0.2) is 0 Å². The monoisotopic (exact) mass is 411 g/mol. The number of nitro groups is 2. The van der Waals surface area contributed by atoms with Crippen molar-refractivity contribution in [3.8, 4) is 11.5 Å². The Kier molecular flexibility index (Phi) is 5.72. The predicted octanol–water partition coefficient (Wildman–Crippen LogP) is 3.75. The molecule has 0 saturated heterocycles. The van der Waals surface area contributed by atoms with Gasteiger partial charge in [-0.1, -0.05) is 6.07 Å². The molecule has 0 fully saturated rings. The average Bonchev–Trinajstić information content (AvgIpc) is 3.09. The standard InChI is InChI=1S/C19H17N5O6/c1-12-5-13(2)7-16(6-12)30-17-9-14(8-15(10-17)23(26)27)20-19(25)11-22-4-3-18(21-22)24(28)29/h3-10H,11H2,1-2H3,(H,20,25). The van der Waals surface area contributed by atoms with Crippen LogP contribution in [0.2, 0.25) is 0 Å². The van der Waals surface area contributed by atoms with Gasteiger partial charge in [-0.15, -0.1) is 0 Å². The lowest BCUT2D eigenvalue weighted by Crippen LogP contribution is -2.19. The van der Waals surface area contributed by atoms with Crippen LogP contribution in [0, 0.1) is 34.1 Å². The maximum atomic E-state index is 12.2. The SMILES string of the molecule is Cc1cc(C)cc(Oc2cc(NC(=O)Cn3ccc([N+](=O)[O-])n3)cc([N+](=O)[O-])c2)c1. The fourth-order valence-electron chi connectivity index (χ4n) is 2.83. The van der Waals surface area contributed by atoms with Gasteiger partial charge in [-0.3, -0.25) is 14.9 Å². The molecule has 0 radical (unpaired) electrons. The van der Waals surface area contributed by atoms with Gasteiger partial charge in [0.25, 0.3) is 5.69 Å². The van der Waals surface area contributed by atoms with Crippen molar-refractivity contribution in [3.63, 3.8) is 0 Å². The van der Waals surface area contributed by atoms with E-state index < -0.39 is 15.8 Å². The highest BCUT2D eigenvalue weighted by atomic mass is 16.6. The molecule has 3 aromatic rings. The van der Waals surface area contributed by atoms with Crippen LogP contribution in [0.3, 0.4) is 0 Å². The summed E-state index contributed by atoms with van der Waals surface area (Å²) in [6.45, 7) is 3.50. The number of aryl methyl sites for hydroxylation is 2. The summed E-state index contributed by atoms with van der Waals surface area (Å²) in [7, 11) is 0. The van der Waals surface area contributed by atoms with Crippen molar-refractivity contribution in [2.45, 2.75) is 20.4 Å². The molecule has 0 aliphatic heterocycles. The molecule has 1 N–H and O–H groups in total. The number of nitrogens with zero attached hydrogens (tertiary/aromatic N) is 4. The number of nitro benzene ring substituents is 1. The van der Waals surface area contributed by atoms with Crippen LogP contribution in [0.15, 0.2) is 48.7 Å². The number of rotatable bonds is 7. The van der Waals surface area contributed by atoms with Crippen LogP contribution < -0.4 is 10.1 Å². The lowest BCUT2D eigenvalue weighted by Gasteiger charge is -2.10. The number of non-ortho nitro benzene ring substituents is 1. The second-order valence-corrected chi connectivity index (χ2v) is 6.57. The number of hydrogen-bond acceptors (Lipinski definition) is 7. The Morgan fingerprint density at radius 1 is 1.03 bits per heavy atom. The zero-order valence-corrected chi connectivity index (χ0v) is 16.1. The number of aromatic nitrogens is 2. The van der Waals surface area contributed by atoms with Gasteiger partial charge >= 0.3 is 5.82 Å². The van der Waals surface area contributed by atoms with Gasteiger partial charge in [-0.25, -0.2) is 0 Å². The van der Waals surface area contributed by atoms with Crippen LogP contribution in [0.1, 0.15) is 11.1 Å². The van der Waals surface area contributed by atoms with Crippen molar-refractivity contribution < 1.29 is 19.4 Å². The lowest BCUT2D eigenvalue weighted by molar-refractivity contribution is -0.389. The van der Waals surface area contributed by atoms with E-state index in [1.165, 1.54) is 24.4 Å². The Morgan fingerprint density at radius 2 is 1.70 bits per heavy atom. The number of carbonyl (C=O) groups excluding carboxylic acids is 1. The van der Waals surface area contributed by atoms with Gasteiger partial charge < -0.3 is 20.2 Å². The molecule has 11 heteroatoms. The zero-order valence-electron chi connectivity index (χ0n) is 16.1. The summed E-state index contributed by atoms with van der Waals surface area (Å²) in [5.74, 6) is -0.263. The molecule has 3 rings (SSSR count). The van der Waals surface area contributed by atoms with Gasteiger partial charge in [0.2, 0.25) is 5.91 Å². The summed E-state index contributed by atoms with van der Waals surface area (Å²) in [6, 6.07) is 10.6. The second-order valence-electron chi connectivity index (χ2n) is 6.57. The van der Waals surface area contributed by atoms with Crippen LogP contribution in [0.5, 0.6) is 11.5 Å². The van der Waals surface area contributed by atoms with Crippen LogP contribution in [0.4, 0.5) is 17.2 Å². The van der Waals surface area contributed by atoms with E-state index in [0.717, 1.165) is 21.9 Å². The van der Waals surface area contributed by atoms with E-state index in [9.17, 15) is 25.0 Å². The van der Waals surface area contributed by atoms with Crippen molar-refractivity contribution in [3.05, 3.63) is 80.0 Å². The van der Waals surface area contributed by atoms with E-state index in [0.29, 0.717) is 5.75 Å². The number of hydrogen-bond donors (Lipinski definition) is 1. The molecule has 1 heterocycles.